The minimum Gasteiger partial charge on any atom is -0.329 e. The van der Waals surface area contributed by atoms with Gasteiger partial charge in [-0.1, -0.05) is 29.3 Å². The van der Waals surface area contributed by atoms with E-state index in [4.69, 9.17) is 28.0 Å². The van der Waals surface area contributed by atoms with E-state index >= 15 is 0 Å². The maximum atomic E-state index is 11.0. The zero-order valence-corrected chi connectivity index (χ0v) is 15.1. The number of rotatable bonds is 5. The Hall–Kier alpha value is -2.15. The first kappa shape index (κ1) is 17.7. The van der Waals surface area contributed by atoms with Crippen molar-refractivity contribution >= 4 is 29.7 Å². The molecule has 0 saturated carbocycles. The fourth-order valence-corrected chi connectivity index (χ4v) is 3.13. The van der Waals surface area contributed by atoms with Crippen LogP contribution in [0, 0.1) is 0 Å². The van der Waals surface area contributed by atoms with E-state index in [1.807, 2.05) is 31.0 Å². The molecular weight excluding hydrogens is 363 g/mol. The molecule has 0 N–H and O–H groups in total. The van der Waals surface area contributed by atoms with Crippen molar-refractivity contribution in [2.75, 3.05) is 0 Å². The van der Waals surface area contributed by atoms with E-state index in [9.17, 15) is 4.79 Å². The summed E-state index contributed by atoms with van der Waals surface area (Å²) >= 11 is 12.2. The summed E-state index contributed by atoms with van der Waals surface area (Å²) in [5, 5.41) is 4.27. The molecule has 1 aromatic carbocycles. The van der Waals surface area contributed by atoms with Crippen LogP contribution in [-0.4, -0.2) is 26.6 Å². The number of hydroxylamine groups is 1. The minimum absolute atomic E-state index is 0.183. The summed E-state index contributed by atoms with van der Waals surface area (Å²) in [5.74, 6) is 0.603. The number of carbonyl (C=O) groups is 1. The highest BCUT2D eigenvalue weighted by Gasteiger charge is 2.38. The number of hydrazine groups is 1. The van der Waals surface area contributed by atoms with Gasteiger partial charge in [-0.15, -0.1) is 5.17 Å². The van der Waals surface area contributed by atoms with Gasteiger partial charge in [0.15, 0.2) is 5.82 Å². The molecular formula is C17H16Cl2N4O2. The Morgan fingerprint density at radius 3 is 2.60 bits per heavy atom. The molecule has 0 bridgehead atoms. The number of carbonyl (C=O) groups excluding carboxylic acids is 1. The average molecular weight is 379 g/mol. The van der Waals surface area contributed by atoms with E-state index in [0.717, 1.165) is 11.3 Å². The lowest BCUT2D eigenvalue weighted by molar-refractivity contribution is -0.247. The Balaban J connectivity index is 2.00. The van der Waals surface area contributed by atoms with E-state index < -0.39 is 0 Å². The largest absolute Gasteiger partial charge is 0.329 e. The molecule has 3 rings (SSSR count). The van der Waals surface area contributed by atoms with Gasteiger partial charge in [-0.25, -0.2) is 9.97 Å². The molecule has 0 fully saturated rings. The molecule has 0 amide bonds. The summed E-state index contributed by atoms with van der Waals surface area (Å²) in [4.78, 5) is 24.8. The minimum atomic E-state index is -0.286. The Morgan fingerprint density at radius 1 is 1.24 bits per heavy atom. The van der Waals surface area contributed by atoms with Crippen LogP contribution in [0.1, 0.15) is 37.3 Å². The Morgan fingerprint density at radius 2 is 1.96 bits per heavy atom. The van der Waals surface area contributed by atoms with Crippen molar-refractivity contribution in [2.45, 2.75) is 25.9 Å². The summed E-state index contributed by atoms with van der Waals surface area (Å²) in [5.41, 5.74) is 1.68. The molecule has 0 spiro atoms. The highest BCUT2D eigenvalue weighted by atomic mass is 35.5. The van der Waals surface area contributed by atoms with Crippen LogP contribution in [0.4, 0.5) is 0 Å². The molecule has 2 unspecified atom stereocenters. The summed E-state index contributed by atoms with van der Waals surface area (Å²) in [6.07, 6.45) is 5.29. The summed E-state index contributed by atoms with van der Waals surface area (Å²) in [6, 6.07) is 6.70. The summed E-state index contributed by atoms with van der Waals surface area (Å²) in [7, 11) is 0. The van der Waals surface area contributed by atoms with Crippen LogP contribution in [0.2, 0.25) is 10.0 Å². The maximum Gasteiger partial charge on any atom is 0.322 e. The van der Waals surface area contributed by atoms with Gasteiger partial charge in [0.25, 0.3) is 0 Å². The summed E-state index contributed by atoms with van der Waals surface area (Å²) in [6.45, 7) is 4.21. The lowest BCUT2D eigenvalue weighted by Gasteiger charge is -2.36. The molecule has 25 heavy (non-hydrogen) atoms. The van der Waals surface area contributed by atoms with Gasteiger partial charge in [0.1, 0.15) is 6.04 Å². The third-order valence-electron chi connectivity index (χ3n) is 4.01. The molecule has 0 aliphatic carbocycles. The Kier molecular flexibility index (Phi) is 5.22. The SMILES string of the molecule is CC1=CC(c2ncccn2)N(C(C)c2ccc(Cl)c(Cl)c2)N1OC=O. The first-order valence-corrected chi connectivity index (χ1v) is 8.37. The second-order valence-corrected chi connectivity index (χ2v) is 6.38. The number of halogens is 2. The van der Waals surface area contributed by atoms with Gasteiger partial charge < -0.3 is 4.84 Å². The predicted octanol–water partition coefficient (Wildman–Crippen LogP) is 4.11. The first-order valence-electron chi connectivity index (χ1n) is 7.62. The van der Waals surface area contributed by atoms with E-state index in [0.29, 0.717) is 22.3 Å². The molecule has 1 aromatic heterocycles. The van der Waals surface area contributed by atoms with Gasteiger partial charge >= 0.3 is 6.47 Å². The second kappa shape index (κ2) is 7.39. The zero-order chi connectivity index (χ0) is 18.0. The van der Waals surface area contributed by atoms with Crippen molar-refractivity contribution in [1.29, 1.82) is 0 Å². The quantitative estimate of drug-likeness (QED) is 0.729. The van der Waals surface area contributed by atoms with Gasteiger partial charge in [0.2, 0.25) is 0 Å². The maximum absolute atomic E-state index is 11.0. The van der Waals surface area contributed by atoms with Crippen LogP contribution in [0.3, 0.4) is 0 Å². The molecule has 2 atom stereocenters. The standard InChI is InChI=1S/C17H16Cl2N4O2/c1-11-8-16(17-20-6-3-7-21-17)22(23(11)25-10-24)12(2)13-4-5-14(18)15(19)9-13/h3-10,12,16H,1-2H3. The van der Waals surface area contributed by atoms with E-state index in [1.165, 1.54) is 5.17 Å². The van der Waals surface area contributed by atoms with Crippen molar-refractivity contribution in [1.82, 2.24) is 20.1 Å². The van der Waals surface area contributed by atoms with Crippen LogP contribution in [0.5, 0.6) is 0 Å². The third-order valence-corrected chi connectivity index (χ3v) is 4.75. The van der Waals surface area contributed by atoms with Crippen molar-refractivity contribution in [3.63, 3.8) is 0 Å². The van der Waals surface area contributed by atoms with Crippen LogP contribution in [-0.2, 0) is 9.63 Å². The van der Waals surface area contributed by atoms with Crippen LogP contribution in [0.25, 0.3) is 0 Å². The number of hydrogen-bond acceptors (Lipinski definition) is 6. The lowest BCUT2D eigenvalue weighted by Crippen LogP contribution is -2.40. The average Bonchev–Trinajstić information content (AvgIpc) is 2.94. The molecule has 1 aliphatic heterocycles. The van der Waals surface area contributed by atoms with Crippen molar-refractivity contribution < 1.29 is 9.63 Å². The van der Waals surface area contributed by atoms with Gasteiger partial charge in [-0.3, -0.25) is 4.79 Å². The van der Waals surface area contributed by atoms with Gasteiger partial charge in [-0.2, -0.15) is 5.01 Å². The molecule has 2 heterocycles. The van der Waals surface area contributed by atoms with Crippen molar-refractivity contribution in [2.24, 2.45) is 0 Å². The van der Waals surface area contributed by atoms with Gasteiger partial charge in [0.05, 0.1) is 21.8 Å². The van der Waals surface area contributed by atoms with Crippen LogP contribution < -0.4 is 0 Å². The zero-order valence-electron chi connectivity index (χ0n) is 13.6. The molecule has 6 nitrogen and oxygen atoms in total. The number of benzene rings is 1. The molecule has 8 heteroatoms. The predicted molar refractivity (Wildman–Crippen MR) is 94.2 cm³/mol. The van der Waals surface area contributed by atoms with Crippen LogP contribution >= 0.6 is 23.2 Å². The van der Waals surface area contributed by atoms with Gasteiger partial charge in [0, 0.05) is 12.4 Å². The smallest absolute Gasteiger partial charge is 0.322 e. The molecule has 1 aliphatic rings. The van der Waals surface area contributed by atoms with Gasteiger partial charge in [-0.05, 0) is 43.7 Å². The second-order valence-electron chi connectivity index (χ2n) is 5.56. The lowest BCUT2D eigenvalue weighted by atomic mass is 10.1. The normalized spacial score (nSPS) is 18.8. The van der Waals surface area contributed by atoms with E-state index in [-0.39, 0.29) is 12.1 Å². The monoisotopic (exact) mass is 378 g/mol. The highest BCUT2D eigenvalue weighted by molar-refractivity contribution is 6.42. The topological polar surface area (TPSA) is 58.6 Å². The fourth-order valence-electron chi connectivity index (χ4n) is 2.82. The number of hydrogen-bond donors (Lipinski definition) is 0. The number of aromatic nitrogens is 2. The van der Waals surface area contributed by atoms with Crippen molar-refractivity contribution in [3.05, 3.63) is 69.9 Å². The third kappa shape index (κ3) is 3.46. The number of allylic oxidation sites excluding steroid dienone is 1. The van der Waals surface area contributed by atoms with E-state index in [2.05, 4.69) is 9.97 Å². The fraction of sp³-hybridized carbons (Fsp3) is 0.235. The molecule has 130 valence electrons. The molecule has 0 saturated heterocycles. The van der Waals surface area contributed by atoms with Crippen molar-refractivity contribution in [3.8, 4) is 0 Å². The first-order chi connectivity index (χ1) is 12.0. The molecule has 0 radical (unpaired) electrons. The van der Waals surface area contributed by atoms with E-state index in [1.54, 1.807) is 30.6 Å². The Bertz CT molecular complexity index is 800. The molecule has 2 aromatic rings. The van der Waals surface area contributed by atoms with Crippen LogP contribution in [0.15, 0.2) is 48.4 Å². The summed E-state index contributed by atoms with van der Waals surface area (Å²) < 4.78 is 0. The highest BCUT2D eigenvalue weighted by Crippen LogP contribution is 2.40. The Labute approximate surface area is 155 Å². The number of nitrogens with zero attached hydrogens (tertiary/aromatic N) is 4.